The van der Waals surface area contributed by atoms with Crippen LogP contribution < -0.4 is 0 Å². The van der Waals surface area contributed by atoms with Gasteiger partial charge in [-0.15, -0.1) is 0 Å². The summed E-state index contributed by atoms with van der Waals surface area (Å²) < 4.78 is 0. The quantitative estimate of drug-likeness (QED) is 0.265. The molecule has 0 unspecified atom stereocenters. The van der Waals surface area contributed by atoms with Crippen LogP contribution in [0.25, 0.3) is 0 Å². The molecule has 0 aliphatic heterocycles. The second kappa shape index (κ2) is 15.0. The van der Waals surface area contributed by atoms with Gasteiger partial charge in [-0.05, 0) is 55.5 Å². The smallest absolute Gasteiger partial charge is 0.0204 e. The summed E-state index contributed by atoms with van der Waals surface area (Å²) in [6.45, 7) is 14.4. The first-order chi connectivity index (χ1) is 10.7. The Morgan fingerprint density at radius 1 is 0.409 bits per heavy atom. The molecule has 0 radical (unpaired) electrons. The van der Waals surface area contributed by atoms with Gasteiger partial charge in [-0.3, -0.25) is 0 Å². The van der Waals surface area contributed by atoms with Gasteiger partial charge in [0.1, 0.15) is 0 Å². The standard InChI is InChI=1S/C21H45P/c1-7-13-19(14-8-2)22(20(15-9-3)16-10-4)21(17-11-5)18-12-6/h19-21H,7-18H2,1-6H3. The third-order valence-electron chi connectivity index (χ3n) is 5.00. The summed E-state index contributed by atoms with van der Waals surface area (Å²) in [5.41, 5.74) is 3.16. The summed E-state index contributed by atoms with van der Waals surface area (Å²) in [6.07, 6.45) is 17.3. The average Bonchev–Trinajstić information content (AvgIpc) is 2.49. The molecule has 0 aromatic rings. The molecule has 0 bridgehead atoms. The van der Waals surface area contributed by atoms with E-state index in [0.717, 1.165) is 17.0 Å². The first-order valence-corrected chi connectivity index (χ1v) is 12.0. The maximum absolute atomic E-state index is 2.40. The van der Waals surface area contributed by atoms with E-state index in [0.29, 0.717) is 0 Å². The zero-order valence-corrected chi connectivity index (χ0v) is 17.6. The third kappa shape index (κ3) is 8.33. The van der Waals surface area contributed by atoms with Crippen molar-refractivity contribution >= 4 is 7.92 Å². The zero-order valence-electron chi connectivity index (χ0n) is 16.7. The van der Waals surface area contributed by atoms with Gasteiger partial charge >= 0.3 is 0 Å². The van der Waals surface area contributed by atoms with Crippen molar-refractivity contribution in [2.75, 3.05) is 0 Å². The van der Waals surface area contributed by atoms with Crippen molar-refractivity contribution in [2.45, 2.75) is 136 Å². The minimum Gasteiger partial charge on any atom is -0.0971 e. The Hall–Kier alpha value is 0.430. The van der Waals surface area contributed by atoms with E-state index in [1.807, 2.05) is 0 Å². The molecule has 0 fully saturated rings. The molecule has 0 aliphatic rings. The lowest BCUT2D eigenvalue weighted by Crippen LogP contribution is -2.24. The minimum absolute atomic E-state index is 0.214. The first kappa shape index (κ1) is 22.4. The molecule has 0 rings (SSSR count). The Morgan fingerprint density at radius 3 is 0.727 bits per heavy atom. The van der Waals surface area contributed by atoms with Crippen molar-refractivity contribution in [1.29, 1.82) is 0 Å². The summed E-state index contributed by atoms with van der Waals surface area (Å²) in [7, 11) is 0.214. The van der Waals surface area contributed by atoms with Crippen LogP contribution >= 0.6 is 7.92 Å². The van der Waals surface area contributed by atoms with Gasteiger partial charge in [0.25, 0.3) is 0 Å². The molecule has 0 amide bonds. The van der Waals surface area contributed by atoms with Crippen molar-refractivity contribution in [2.24, 2.45) is 0 Å². The van der Waals surface area contributed by atoms with Gasteiger partial charge in [0.05, 0.1) is 0 Å². The van der Waals surface area contributed by atoms with Crippen molar-refractivity contribution < 1.29 is 0 Å². The third-order valence-corrected chi connectivity index (χ3v) is 9.08. The first-order valence-electron chi connectivity index (χ1n) is 10.5. The molecule has 0 atom stereocenters. The summed E-state index contributed by atoms with van der Waals surface area (Å²) in [6, 6.07) is 0. The van der Waals surface area contributed by atoms with Gasteiger partial charge in [0, 0.05) is 0 Å². The number of rotatable bonds is 15. The molecule has 0 spiro atoms. The molecule has 22 heavy (non-hydrogen) atoms. The second-order valence-corrected chi connectivity index (χ2v) is 10.2. The van der Waals surface area contributed by atoms with Crippen LogP contribution in [-0.4, -0.2) is 17.0 Å². The van der Waals surface area contributed by atoms with Crippen LogP contribution in [0.4, 0.5) is 0 Å². The maximum Gasteiger partial charge on any atom is -0.0204 e. The van der Waals surface area contributed by atoms with Crippen LogP contribution in [-0.2, 0) is 0 Å². The number of hydrogen-bond acceptors (Lipinski definition) is 0. The van der Waals surface area contributed by atoms with E-state index in [2.05, 4.69) is 41.5 Å². The molecule has 0 nitrogen and oxygen atoms in total. The molecular formula is C21H45P. The molecular weight excluding hydrogens is 283 g/mol. The Bertz CT molecular complexity index is 170. The Morgan fingerprint density at radius 2 is 0.591 bits per heavy atom. The monoisotopic (exact) mass is 328 g/mol. The van der Waals surface area contributed by atoms with Crippen LogP contribution in [0.1, 0.15) is 119 Å². The normalized spacial score (nSPS) is 12.3. The number of hydrogen-bond donors (Lipinski definition) is 0. The summed E-state index contributed by atoms with van der Waals surface area (Å²) in [5.74, 6) is 0. The van der Waals surface area contributed by atoms with E-state index in [9.17, 15) is 0 Å². The molecule has 134 valence electrons. The molecule has 0 saturated heterocycles. The largest absolute Gasteiger partial charge is 0.0971 e. The van der Waals surface area contributed by atoms with Gasteiger partial charge in [-0.25, -0.2) is 0 Å². The van der Waals surface area contributed by atoms with Gasteiger partial charge < -0.3 is 0 Å². The lowest BCUT2D eigenvalue weighted by Gasteiger charge is -2.41. The van der Waals surface area contributed by atoms with Gasteiger partial charge in [0.15, 0.2) is 0 Å². The fraction of sp³-hybridized carbons (Fsp3) is 1.00. The Labute approximate surface area is 144 Å². The van der Waals surface area contributed by atoms with E-state index in [1.165, 1.54) is 77.0 Å². The highest BCUT2D eigenvalue weighted by molar-refractivity contribution is 7.59. The van der Waals surface area contributed by atoms with Crippen LogP contribution in [0, 0.1) is 0 Å². The Balaban J connectivity index is 5.34. The second-order valence-electron chi connectivity index (χ2n) is 7.14. The van der Waals surface area contributed by atoms with Crippen LogP contribution in [0.2, 0.25) is 0 Å². The zero-order chi connectivity index (χ0) is 16.8. The summed E-state index contributed by atoms with van der Waals surface area (Å²) >= 11 is 0. The highest BCUT2D eigenvalue weighted by atomic mass is 31.1. The molecule has 1 heteroatoms. The SMILES string of the molecule is CCCC(CCC)P(C(CCC)CCC)C(CCC)CCC. The van der Waals surface area contributed by atoms with Crippen molar-refractivity contribution in [3.63, 3.8) is 0 Å². The topological polar surface area (TPSA) is 0 Å². The predicted molar refractivity (Wildman–Crippen MR) is 108 cm³/mol. The highest BCUT2D eigenvalue weighted by Gasteiger charge is 2.32. The van der Waals surface area contributed by atoms with Gasteiger partial charge in [-0.1, -0.05) is 88.0 Å². The Kier molecular flexibility index (Phi) is 15.3. The molecule has 0 aromatic heterocycles. The van der Waals surface area contributed by atoms with Crippen LogP contribution in [0.3, 0.4) is 0 Å². The summed E-state index contributed by atoms with van der Waals surface area (Å²) in [4.78, 5) is 0. The van der Waals surface area contributed by atoms with Crippen molar-refractivity contribution in [3.8, 4) is 0 Å². The van der Waals surface area contributed by atoms with Crippen molar-refractivity contribution in [3.05, 3.63) is 0 Å². The molecule has 0 saturated carbocycles. The highest BCUT2D eigenvalue weighted by Crippen LogP contribution is 2.59. The summed E-state index contributed by atoms with van der Waals surface area (Å²) in [5, 5.41) is 0. The molecule has 0 aromatic carbocycles. The molecule has 0 heterocycles. The fourth-order valence-electron chi connectivity index (χ4n) is 4.22. The van der Waals surface area contributed by atoms with Crippen LogP contribution in [0.15, 0.2) is 0 Å². The molecule has 0 aliphatic carbocycles. The molecule has 0 N–H and O–H groups in total. The van der Waals surface area contributed by atoms with Gasteiger partial charge in [-0.2, -0.15) is 0 Å². The van der Waals surface area contributed by atoms with Gasteiger partial charge in [0.2, 0.25) is 0 Å². The maximum atomic E-state index is 2.40. The van der Waals surface area contributed by atoms with Crippen molar-refractivity contribution in [1.82, 2.24) is 0 Å². The fourth-order valence-corrected chi connectivity index (χ4v) is 9.35. The lowest BCUT2D eigenvalue weighted by atomic mass is 10.1. The van der Waals surface area contributed by atoms with E-state index in [4.69, 9.17) is 0 Å². The minimum atomic E-state index is 0.214. The van der Waals surface area contributed by atoms with E-state index in [-0.39, 0.29) is 7.92 Å². The average molecular weight is 329 g/mol. The van der Waals surface area contributed by atoms with E-state index in [1.54, 1.807) is 0 Å². The van der Waals surface area contributed by atoms with Crippen LogP contribution in [0.5, 0.6) is 0 Å². The lowest BCUT2D eigenvalue weighted by molar-refractivity contribution is 0.589. The van der Waals surface area contributed by atoms with E-state index >= 15 is 0 Å². The van der Waals surface area contributed by atoms with E-state index < -0.39 is 0 Å². The predicted octanol–water partition coefficient (Wildman–Crippen LogP) is 8.37.